The lowest BCUT2D eigenvalue weighted by molar-refractivity contribution is -0.384. The lowest BCUT2D eigenvalue weighted by Crippen LogP contribution is -2.35. The highest BCUT2D eigenvalue weighted by molar-refractivity contribution is 5.43. The molecule has 0 aliphatic carbocycles. The molecule has 0 saturated heterocycles. The van der Waals surface area contributed by atoms with Gasteiger partial charge in [0.05, 0.1) is 4.92 Å². The zero-order chi connectivity index (χ0) is 17.2. The molecule has 1 aromatic heterocycles. The van der Waals surface area contributed by atoms with Gasteiger partial charge in [-0.15, -0.1) is 0 Å². The molecule has 0 amide bonds. The number of hydrogen-bond acceptors (Lipinski definition) is 6. The van der Waals surface area contributed by atoms with Crippen LogP contribution in [-0.2, 0) is 12.1 Å². The maximum absolute atomic E-state index is 10.8. The molecular formula is C16H20N2O5. The van der Waals surface area contributed by atoms with Gasteiger partial charge < -0.3 is 19.9 Å². The van der Waals surface area contributed by atoms with Gasteiger partial charge in [-0.05, 0) is 32.9 Å². The number of aryl methyl sites for hydroxylation is 2. The largest absolute Gasteiger partial charge is 0.508 e. The van der Waals surface area contributed by atoms with Crippen molar-refractivity contribution in [1.82, 2.24) is 5.32 Å². The van der Waals surface area contributed by atoms with Crippen molar-refractivity contribution in [3.8, 4) is 5.75 Å². The second-order valence-electron chi connectivity index (χ2n) is 5.77. The number of nitro groups is 1. The van der Waals surface area contributed by atoms with Gasteiger partial charge in [0.1, 0.15) is 22.9 Å². The number of nitro benzene ring substituents is 1. The Bertz CT molecular complexity index is 721. The highest BCUT2D eigenvalue weighted by Crippen LogP contribution is 2.27. The van der Waals surface area contributed by atoms with Crippen LogP contribution < -0.4 is 5.32 Å². The second kappa shape index (κ2) is 6.39. The van der Waals surface area contributed by atoms with E-state index in [1.54, 1.807) is 26.8 Å². The topological polar surface area (TPSA) is 109 Å². The smallest absolute Gasteiger partial charge is 0.270 e. The van der Waals surface area contributed by atoms with Crippen LogP contribution in [0.1, 0.15) is 29.6 Å². The summed E-state index contributed by atoms with van der Waals surface area (Å²) in [5.41, 5.74) is -0.161. The lowest BCUT2D eigenvalue weighted by atomic mass is 9.96. The molecule has 1 heterocycles. The minimum Gasteiger partial charge on any atom is -0.508 e. The van der Waals surface area contributed by atoms with Crippen LogP contribution in [0.3, 0.4) is 0 Å². The van der Waals surface area contributed by atoms with Crippen molar-refractivity contribution in [2.45, 2.75) is 32.9 Å². The molecule has 23 heavy (non-hydrogen) atoms. The van der Waals surface area contributed by atoms with Crippen LogP contribution in [0, 0.1) is 24.0 Å². The number of nitrogens with zero attached hydrogens (tertiary/aromatic N) is 1. The predicted molar refractivity (Wildman–Crippen MR) is 84.2 cm³/mol. The highest BCUT2D eigenvalue weighted by Gasteiger charge is 2.27. The summed E-state index contributed by atoms with van der Waals surface area (Å²) in [6.45, 7) is 5.64. The number of furan rings is 1. The number of aromatic hydroxyl groups is 1. The molecule has 0 aliphatic heterocycles. The van der Waals surface area contributed by atoms with Crippen molar-refractivity contribution >= 4 is 5.69 Å². The monoisotopic (exact) mass is 320 g/mol. The molecule has 2 rings (SSSR count). The van der Waals surface area contributed by atoms with Gasteiger partial charge in [-0.2, -0.15) is 0 Å². The molecule has 0 spiro atoms. The third-order valence-electron chi connectivity index (χ3n) is 3.68. The van der Waals surface area contributed by atoms with Crippen molar-refractivity contribution in [2.24, 2.45) is 0 Å². The molecule has 2 aromatic rings. The number of nitrogens with one attached hydrogen (secondary N) is 1. The molecular weight excluding hydrogens is 300 g/mol. The maximum Gasteiger partial charge on any atom is 0.270 e. The number of hydrogen-bond donors (Lipinski definition) is 3. The SMILES string of the molecule is Cc1cc(C(C)(O)CNCc2cc([N+](=O)[O-])ccc2O)c(C)o1. The van der Waals surface area contributed by atoms with E-state index in [2.05, 4.69) is 5.32 Å². The Morgan fingerprint density at radius 1 is 1.35 bits per heavy atom. The Hall–Kier alpha value is -2.38. The van der Waals surface area contributed by atoms with Gasteiger partial charge in [-0.1, -0.05) is 0 Å². The normalized spacial score (nSPS) is 13.7. The van der Waals surface area contributed by atoms with Crippen LogP contribution in [0.5, 0.6) is 5.75 Å². The van der Waals surface area contributed by atoms with Crippen molar-refractivity contribution < 1.29 is 19.6 Å². The Kier molecular flexibility index (Phi) is 4.72. The van der Waals surface area contributed by atoms with E-state index < -0.39 is 10.5 Å². The number of non-ortho nitro benzene ring substituents is 1. The molecule has 0 aliphatic rings. The first kappa shape index (κ1) is 17.0. The number of benzene rings is 1. The lowest BCUT2D eigenvalue weighted by Gasteiger charge is -2.23. The van der Waals surface area contributed by atoms with Crippen molar-refractivity contribution in [1.29, 1.82) is 0 Å². The van der Waals surface area contributed by atoms with Gasteiger partial charge in [-0.25, -0.2) is 0 Å². The summed E-state index contributed by atoms with van der Waals surface area (Å²) in [6, 6.07) is 5.62. The van der Waals surface area contributed by atoms with Crippen LogP contribution >= 0.6 is 0 Å². The van der Waals surface area contributed by atoms with Gasteiger partial charge in [0.2, 0.25) is 0 Å². The average Bonchev–Trinajstić information content (AvgIpc) is 2.80. The van der Waals surface area contributed by atoms with Crippen molar-refractivity contribution in [3.05, 3.63) is 57.0 Å². The van der Waals surface area contributed by atoms with E-state index in [-0.39, 0.29) is 24.5 Å². The molecule has 7 heteroatoms. The van der Waals surface area contributed by atoms with E-state index in [0.717, 1.165) is 0 Å². The molecule has 1 atom stereocenters. The third kappa shape index (κ3) is 3.88. The van der Waals surface area contributed by atoms with Gasteiger partial charge in [-0.3, -0.25) is 10.1 Å². The Morgan fingerprint density at radius 2 is 2.04 bits per heavy atom. The van der Waals surface area contributed by atoms with Crippen LogP contribution in [-0.4, -0.2) is 21.7 Å². The third-order valence-corrected chi connectivity index (χ3v) is 3.68. The number of phenols is 1. The predicted octanol–water partition coefficient (Wildman–Crippen LogP) is 2.51. The molecule has 0 radical (unpaired) electrons. The fourth-order valence-electron chi connectivity index (χ4n) is 2.53. The van der Waals surface area contributed by atoms with Crippen molar-refractivity contribution in [3.63, 3.8) is 0 Å². The molecule has 124 valence electrons. The molecule has 3 N–H and O–H groups in total. The average molecular weight is 320 g/mol. The van der Waals surface area contributed by atoms with E-state index in [9.17, 15) is 20.3 Å². The molecule has 7 nitrogen and oxygen atoms in total. The van der Waals surface area contributed by atoms with Gasteiger partial charge in [0, 0.05) is 36.3 Å². The molecule has 0 fully saturated rings. The zero-order valence-corrected chi connectivity index (χ0v) is 13.3. The second-order valence-corrected chi connectivity index (χ2v) is 5.77. The Balaban J connectivity index is 2.06. The van der Waals surface area contributed by atoms with Gasteiger partial charge in [0.15, 0.2) is 0 Å². The molecule has 0 bridgehead atoms. The first-order valence-corrected chi connectivity index (χ1v) is 7.17. The summed E-state index contributed by atoms with van der Waals surface area (Å²) < 4.78 is 5.42. The standard InChI is InChI=1S/C16H20N2O5/c1-10-6-14(11(2)23-10)16(3,20)9-17-8-12-7-13(18(21)22)4-5-15(12)19/h4-7,17,19-20H,8-9H2,1-3H3. The summed E-state index contributed by atoms with van der Waals surface area (Å²) in [6.07, 6.45) is 0. The summed E-state index contributed by atoms with van der Waals surface area (Å²) in [5.74, 6) is 1.33. The minimum absolute atomic E-state index is 0.0296. The molecule has 1 unspecified atom stereocenters. The maximum atomic E-state index is 10.8. The van der Waals surface area contributed by atoms with E-state index >= 15 is 0 Å². The Labute approximate surface area is 133 Å². The minimum atomic E-state index is -1.15. The number of rotatable bonds is 6. The van der Waals surface area contributed by atoms with Crippen LogP contribution in [0.25, 0.3) is 0 Å². The zero-order valence-electron chi connectivity index (χ0n) is 13.3. The van der Waals surface area contributed by atoms with Crippen LogP contribution in [0.2, 0.25) is 0 Å². The Morgan fingerprint density at radius 3 is 2.61 bits per heavy atom. The first-order valence-electron chi connectivity index (χ1n) is 7.17. The van der Waals surface area contributed by atoms with E-state index in [1.807, 2.05) is 0 Å². The quantitative estimate of drug-likeness (QED) is 0.557. The van der Waals surface area contributed by atoms with E-state index in [0.29, 0.717) is 22.6 Å². The summed E-state index contributed by atoms with van der Waals surface area (Å²) in [5, 5.41) is 34.1. The fourth-order valence-corrected chi connectivity index (χ4v) is 2.53. The van der Waals surface area contributed by atoms with E-state index in [1.165, 1.54) is 18.2 Å². The number of aliphatic hydroxyl groups is 1. The fraction of sp³-hybridized carbons (Fsp3) is 0.375. The van der Waals surface area contributed by atoms with Crippen LogP contribution in [0.4, 0.5) is 5.69 Å². The first-order chi connectivity index (χ1) is 10.7. The summed E-state index contributed by atoms with van der Waals surface area (Å²) >= 11 is 0. The molecule has 1 aromatic carbocycles. The highest BCUT2D eigenvalue weighted by atomic mass is 16.6. The van der Waals surface area contributed by atoms with Crippen molar-refractivity contribution in [2.75, 3.05) is 6.54 Å². The van der Waals surface area contributed by atoms with Crippen LogP contribution in [0.15, 0.2) is 28.7 Å². The summed E-state index contributed by atoms with van der Waals surface area (Å²) in [4.78, 5) is 10.3. The van der Waals surface area contributed by atoms with Gasteiger partial charge in [0.25, 0.3) is 5.69 Å². The van der Waals surface area contributed by atoms with E-state index in [4.69, 9.17) is 4.42 Å². The molecule has 0 saturated carbocycles. The summed E-state index contributed by atoms with van der Waals surface area (Å²) in [7, 11) is 0. The number of phenolic OH excluding ortho intramolecular Hbond substituents is 1. The van der Waals surface area contributed by atoms with Gasteiger partial charge >= 0.3 is 0 Å².